The Hall–Kier alpha value is -2.96. The van der Waals surface area contributed by atoms with Crippen molar-refractivity contribution in [3.05, 3.63) is 63.3 Å². The normalized spacial score (nSPS) is 14.1. The summed E-state index contributed by atoms with van der Waals surface area (Å²) in [5, 5.41) is 0.164. The van der Waals surface area contributed by atoms with Gasteiger partial charge in [0.2, 0.25) is 5.43 Å². The number of fused-ring (bicyclic) bond motifs is 2. The van der Waals surface area contributed by atoms with Gasteiger partial charge in [0.1, 0.15) is 22.8 Å². The van der Waals surface area contributed by atoms with Crippen molar-refractivity contribution in [1.82, 2.24) is 14.9 Å². The van der Waals surface area contributed by atoms with E-state index in [0.29, 0.717) is 25.4 Å². The van der Waals surface area contributed by atoms with Gasteiger partial charge >= 0.3 is 0 Å². The highest BCUT2D eigenvalue weighted by Crippen LogP contribution is 2.24. The topological polar surface area (TPSA) is 79.2 Å². The van der Waals surface area contributed by atoms with E-state index in [1.807, 2.05) is 13.8 Å². The number of hydrogen-bond acceptors (Lipinski definition) is 4. The molecule has 0 aliphatic carbocycles. The van der Waals surface area contributed by atoms with Gasteiger partial charge in [-0.05, 0) is 12.1 Å². The van der Waals surface area contributed by atoms with Gasteiger partial charge < -0.3 is 14.3 Å². The lowest BCUT2D eigenvalue weighted by Crippen LogP contribution is -2.38. The predicted octanol–water partition coefficient (Wildman–Crippen LogP) is 2.98. The van der Waals surface area contributed by atoms with Crippen molar-refractivity contribution in [2.24, 2.45) is 0 Å². The molecule has 4 rings (SSSR count). The first-order chi connectivity index (χ1) is 12.5. The molecule has 1 aliphatic heterocycles. The molecule has 0 saturated carbocycles. The molecule has 1 amide bonds. The number of benzene rings is 1. The molecule has 0 spiro atoms. The van der Waals surface area contributed by atoms with Crippen molar-refractivity contribution in [2.75, 3.05) is 6.54 Å². The van der Waals surface area contributed by atoms with Crippen molar-refractivity contribution in [3.8, 4) is 0 Å². The fourth-order valence-corrected chi connectivity index (χ4v) is 3.18. The van der Waals surface area contributed by atoms with E-state index in [9.17, 15) is 14.0 Å². The van der Waals surface area contributed by atoms with Crippen LogP contribution in [0.2, 0.25) is 0 Å². The summed E-state index contributed by atoms with van der Waals surface area (Å²) in [6.07, 6.45) is 1.84. The molecule has 6 nitrogen and oxygen atoms in total. The van der Waals surface area contributed by atoms with E-state index in [0.717, 1.165) is 11.5 Å². The number of carbonyl (C=O) groups is 1. The summed E-state index contributed by atoms with van der Waals surface area (Å²) in [6.45, 7) is 4.73. The summed E-state index contributed by atoms with van der Waals surface area (Å²) >= 11 is 0. The Morgan fingerprint density at radius 2 is 2.19 bits per heavy atom. The second kappa shape index (κ2) is 6.09. The number of nitrogens with one attached hydrogen (secondary N) is 1. The smallest absolute Gasteiger partial charge is 0.259 e. The number of pyridine rings is 1. The molecule has 1 aromatic carbocycles. The molecule has 0 bridgehead atoms. The van der Waals surface area contributed by atoms with Crippen LogP contribution in [0.4, 0.5) is 4.39 Å². The molecule has 2 aromatic heterocycles. The summed E-state index contributed by atoms with van der Waals surface area (Å²) < 4.78 is 19.5. The second-order valence-corrected chi connectivity index (χ2v) is 6.75. The molecule has 3 heterocycles. The fraction of sp³-hybridized carbons (Fsp3) is 0.316. The highest BCUT2D eigenvalue weighted by atomic mass is 19.1. The molecule has 0 saturated heterocycles. The number of halogens is 1. The Labute approximate surface area is 148 Å². The number of nitrogens with zero attached hydrogens (tertiary/aromatic N) is 2. The molecular weight excluding hydrogens is 337 g/mol. The lowest BCUT2D eigenvalue weighted by Gasteiger charge is -2.25. The monoisotopic (exact) mass is 355 g/mol. The van der Waals surface area contributed by atoms with Gasteiger partial charge in [0.25, 0.3) is 5.91 Å². The van der Waals surface area contributed by atoms with E-state index >= 15 is 0 Å². The Kier molecular flexibility index (Phi) is 3.86. The Morgan fingerprint density at radius 1 is 1.38 bits per heavy atom. The molecule has 0 unspecified atom stereocenters. The van der Waals surface area contributed by atoms with Crippen LogP contribution < -0.4 is 5.43 Å². The van der Waals surface area contributed by atoms with Gasteiger partial charge in [-0.3, -0.25) is 9.59 Å². The zero-order valence-electron chi connectivity index (χ0n) is 14.5. The molecular formula is C19H18FN3O3. The van der Waals surface area contributed by atoms with Crippen LogP contribution in [-0.2, 0) is 13.0 Å². The molecule has 134 valence electrons. The van der Waals surface area contributed by atoms with Gasteiger partial charge in [0.15, 0.2) is 5.89 Å². The van der Waals surface area contributed by atoms with E-state index in [-0.39, 0.29) is 22.4 Å². The highest BCUT2D eigenvalue weighted by molar-refractivity contribution is 5.97. The number of carbonyl (C=O) groups excluding carboxylic acids is 1. The maximum atomic E-state index is 13.8. The van der Waals surface area contributed by atoms with Gasteiger partial charge in [-0.15, -0.1) is 0 Å². The Balaban J connectivity index is 1.67. The molecule has 0 fully saturated rings. The first kappa shape index (κ1) is 16.5. The number of rotatable bonds is 2. The lowest BCUT2D eigenvalue weighted by molar-refractivity contribution is 0.0726. The van der Waals surface area contributed by atoms with E-state index in [2.05, 4.69) is 9.97 Å². The van der Waals surface area contributed by atoms with Gasteiger partial charge in [-0.1, -0.05) is 19.9 Å². The summed E-state index contributed by atoms with van der Waals surface area (Å²) in [5.74, 6) is 0.709. The van der Waals surface area contributed by atoms with Crippen LogP contribution in [0.3, 0.4) is 0 Å². The van der Waals surface area contributed by atoms with Gasteiger partial charge in [0, 0.05) is 30.5 Å². The summed E-state index contributed by atoms with van der Waals surface area (Å²) in [4.78, 5) is 34.3. The first-order valence-corrected chi connectivity index (χ1v) is 8.53. The standard InChI is InChI=1S/C19H18FN3O3/c1-10(2)18-22-14-9-23(7-6-15(14)26-18)19(25)12-8-21-16-11(17(12)24)4-3-5-13(16)20/h3-5,8,10H,6-7,9H2,1-2H3,(H,21,24). The zero-order chi connectivity index (χ0) is 18.4. The molecule has 1 aliphatic rings. The molecule has 0 atom stereocenters. The third kappa shape index (κ3) is 2.60. The number of aromatic amines is 1. The predicted molar refractivity (Wildman–Crippen MR) is 93.6 cm³/mol. The number of oxazole rings is 1. The molecule has 1 N–H and O–H groups in total. The van der Waals surface area contributed by atoms with Crippen molar-refractivity contribution in [3.63, 3.8) is 0 Å². The average Bonchev–Trinajstić information content (AvgIpc) is 3.06. The van der Waals surface area contributed by atoms with Gasteiger partial charge in [0.05, 0.1) is 12.1 Å². The number of hydrogen-bond donors (Lipinski definition) is 1. The van der Waals surface area contributed by atoms with Crippen LogP contribution in [-0.4, -0.2) is 27.3 Å². The molecule has 3 aromatic rings. The van der Waals surface area contributed by atoms with Crippen LogP contribution in [0.5, 0.6) is 0 Å². The molecule has 0 radical (unpaired) electrons. The SMILES string of the molecule is CC(C)c1nc2c(o1)CCN(C(=O)c1c[nH]c3c(F)cccc3c1=O)C2. The molecule has 26 heavy (non-hydrogen) atoms. The van der Waals surface area contributed by atoms with E-state index in [1.54, 1.807) is 4.90 Å². The largest absolute Gasteiger partial charge is 0.445 e. The summed E-state index contributed by atoms with van der Waals surface area (Å²) in [7, 11) is 0. The number of amides is 1. The van der Waals surface area contributed by atoms with Crippen LogP contribution in [0.1, 0.15) is 47.5 Å². The van der Waals surface area contributed by atoms with E-state index in [1.165, 1.54) is 24.4 Å². The van der Waals surface area contributed by atoms with Crippen molar-refractivity contribution in [2.45, 2.75) is 32.7 Å². The third-order valence-corrected chi connectivity index (χ3v) is 4.62. The zero-order valence-corrected chi connectivity index (χ0v) is 14.5. The minimum absolute atomic E-state index is 0.000807. The maximum absolute atomic E-state index is 13.8. The summed E-state index contributed by atoms with van der Waals surface area (Å²) in [5.41, 5.74) is 0.362. The number of H-pyrrole nitrogens is 1. The first-order valence-electron chi connectivity index (χ1n) is 8.53. The van der Waals surface area contributed by atoms with E-state index < -0.39 is 17.2 Å². The number of aromatic nitrogens is 2. The van der Waals surface area contributed by atoms with Gasteiger partial charge in [-0.25, -0.2) is 9.37 Å². The van der Waals surface area contributed by atoms with Crippen LogP contribution >= 0.6 is 0 Å². The van der Waals surface area contributed by atoms with Crippen molar-refractivity contribution < 1.29 is 13.6 Å². The minimum atomic E-state index is -0.523. The van der Waals surface area contributed by atoms with Gasteiger partial charge in [-0.2, -0.15) is 0 Å². The quantitative estimate of drug-likeness (QED) is 0.766. The minimum Gasteiger partial charge on any atom is -0.445 e. The highest BCUT2D eigenvalue weighted by Gasteiger charge is 2.28. The van der Waals surface area contributed by atoms with Crippen LogP contribution in [0, 0.1) is 5.82 Å². The molecule has 7 heteroatoms. The summed E-state index contributed by atoms with van der Waals surface area (Å²) in [6, 6.07) is 4.23. The van der Waals surface area contributed by atoms with Crippen LogP contribution in [0.15, 0.2) is 33.6 Å². The third-order valence-electron chi connectivity index (χ3n) is 4.62. The average molecular weight is 355 g/mol. The maximum Gasteiger partial charge on any atom is 0.259 e. The second-order valence-electron chi connectivity index (χ2n) is 6.75. The van der Waals surface area contributed by atoms with Crippen molar-refractivity contribution in [1.29, 1.82) is 0 Å². The van der Waals surface area contributed by atoms with Crippen LogP contribution in [0.25, 0.3) is 10.9 Å². The number of para-hydroxylation sites is 1. The van der Waals surface area contributed by atoms with E-state index in [4.69, 9.17) is 4.42 Å². The Morgan fingerprint density at radius 3 is 2.96 bits per heavy atom. The Bertz CT molecular complexity index is 1070. The fourth-order valence-electron chi connectivity index (χ4n) is 3.18. The van der Waals surface area contributed by atoms with Crippen molar-refractivity contribution >= 4 is 16.8 Å². The lowest BCUT2D eigenvalue weighted by atomic mass is 10.1.